The minimum absolute atomic E-state index is 0.176. The number of likely N-dealkylation sites (N-methyl/N-ethyl adjacent to an activating group) is 2. The lowest BCUT2D eigenvalue weighted by Gasteiger charge is -2.27. The molecule has 2 unspecified atom stereocenters. The highest BCUT2D eigenvalue weighted by Gasteiger charge is 2.34. The molecule has 2 amide bonds. The van der Waals surface area contributed by atoms with Crippen molar-refractivity contribution in [2.24, 2.45) is 11.7 Å². The average Bonchev–Trinajstić information content (AvgIpc) is 2.73. The predicted molar refractivity (Wildman–Crippen MR) is 126 cm³/mol. The SMILES string of the molecule is CCC(C(=O)NC(CC(C)C)C(N)=O)[N+](C)=C(C1=C(C)CCN(C)C1)c1ccc(F)c(F)c1. The van der Waals surface area contributed by atoms with Crippen LogP contribution in [0.25, 0.3) is 0 Å². The minimum Gasteiger partial charge on any atom is -0.368 e. The number of hydrogen-bond acceptors (Lipinski definition) is 3. The molecule has 2 rings (SSSR count). The van der Waals surface area contributed by atoms with Gasteiger partial charge in [-0.15, -0.1) is 0 Å². The van der Waals surface area contributed by atoms with E-state index in [4.69, 9.17) is 5.73 Å². The van der Waals surface area contributed by atoms with E-state index in [0.717, 1.165) is 30.2 Å². The molecule has 1 aliphatic rings. The number of halogens is 2. The molecule has 8 heteroatoms. The van der Waals surface area contributed by atoms with Crippen LogP contribution in [0.1, 0.15) is 52.5 Å². The van der Waals surface area contributed by atoms with Crippen LogP contribution in [0.3, 0.4) is 0 Å². The Hall–Kier alpha value is -2.61. The summed E-state index contributed by atoms with van der Waals surface area (Å²) in [7, 11) is 3.78. The van der Waals surface area contributed by atoms with Gasteiger partial charge >= 0.3 is 0 Å². The molecule has 0 saturated heterocycles. The number of carbonyl (C=O) groups excluding carboxylic acids is 2. The van der Waals surface area contributed by atoms with Gasteiger partial charge in [-0.2, -0.15) is 0 Å². The van der Waals surface area contributed by atoms with Gasteiger partial charge in [-0.25, -0.2) is 13.4 Å². The molecule has 1 aromatic rings. The van der Waals surface area contributed by atoms with Gasteiger partial charge in [0, 0.05) is 30.6 Å². The van der Waals surface area contributed by atoms with Crippen LogP contribution in [0, 0.1) is 17.6 Å². The summed E-state index contributed by atoms with van der Waals surface area (Å²) in [6.45, 7) is 9.34. The summed E-state index contributed by atoms with van der Waals surface area (Å²) in [5.41, 5.74) is 8.83. The number of nitrogens with one attached hydrogen (secondary N) is 1. The van der Waals surface area contributed by atoms with Crippen molar-refractivity contribution >= 4 is 17.5 Å². The Morgan fingerprint density at radius 2 is 1.91 bits per heavy atom. The Kier molecular flexibility index (Phi) is 9.28. The lowest BCUT2D eigenvalue weighted by molar-refractivity contribution is -0.523. The molecule has 0 fully saturated rings. The van der Waals surface area contributed by atoms with Crippen molar-refractivity contribution in [1.82, 2.24) is 10.2 Å². The Labute approximate surface area is 195 Å². The summed E-state index contributed by atoms with van der Waals surface area (Å²) in [5.74, 6) is -2.59. The number of nitrogens with zero attached hydrogens (tertiary/aromatic N) is 2. The third-order valence-electron chi connectivity index (χ3n) is 6.17. The maximum absolute atomic E-state index is 14.2. The molecule has 1 aliphatic heterocycles. The van der Waals surface area contributed by atoms with Crippen LogP contribution >= 0.6 is 0 Å². The Bertz CT molecular complexity index is 956. The van der Waals surface area contributed by atoms with Gasteiger partial charge in [0.25, 0.3) is 5.91 Å². The number of rotatable bonds is 9. The van der Waals surface area contributed by atoms with Crippen LogP contribution in [-0.2, 0) is 9.59 Å². The molecule has 0 saturated carbocycles. The first-order chi connectivity index (χ1) is 15.5. The molecule has 33 heavy (non-hydrogen) atoms. The van der Waals surface area contributed by atoms with Crippen LogP contribution in [-0.4, -0.2) is 66.3 Å². The van der Waals surface area contributed by atoms with Crippen molar-refractivity contribution in [2.45, 2.75) is 59.0 Å². The average molecular weight is 464 g/mol. The van der Waals surface area contributed by atoms with Crippen molar-refractivity contribution in [1.29, 1.82) is 0 Å². The van der Waals surface area contributed by atoms with Crippen molar-refractivity contribution in [2.75, 3.05) is 27.2 Å². The van der Waals surface area contributed by atoms with Crippen LogP contribution in [0.15, 0.2) is 29.3 Å². The fourth-order valence-corrected chi connectivity index (χ4v) is 4.28. The highest BCUT2D eigenvalue weighted by molar-refractivity contribution is 6.10. The van der Waals surface area contributed by atoms with Gasteiger partial charge < -0.3 is 16.0 Å². The fourth-order valence-electron chi connectivity index (χ4n) is 4.28. The van der Waals surface area contributed by atoms with Gasteiger partial charge in [0.2, 0.25) is 17.7 Å². The van der Waals surface area contributed by atoms with Crippen molar-refractivity contribution < 1.29 is 22.9 Å². The van der Waals surface area contributed by atoms with Crippen molar-refractivity contribution in [3.8, 4) is 0 Å². The van der Waals surface area contributed by atoms with E-state index in [2.05, 4.69) is 10.2 Å². The molecule has 182 valence electrons. The second kappa shape index (κ2) is 11.5. The van der Waals surface area contributed by atoms with E-state index in [1.807, 2.05) is 39.3 Å². The number of amides is 2. The molecule has 0 spiro atoms. The van der Waals surface area contributed by atoms with Crippen LogP contribution in [0.5, 0.6) is 0 Å². The number of primary amides is 1. The number of nitrogens with two attached hydrogens (primary N) is 1. The lowest BCUT2D eigenvalue weighted by Crippen LogP contribution is -2.51. The molecule has 0 aliphatic carbocycles. The van der Waals surface area contributed by atoms with Crippen LogP contribution < -0.4 is 11.1 Å². The highest BCUT2D eigenvalue weighted by Crippen LogP contribution is 2.23. The van der Waals surface area contributed by atoms with Gasteiger partial charge in [0.05, 0.1) is 0 Å². The van der Waals surface area contributed by atoms with Crippen LogP contribution in [0.2, 0.25) is 0 Å². The second-order valence-corrected chi connectivity index (χ2v) is 9.35. The van der Waals surface area contributed by atoms with Gasteiger partial charge in [-0.05, 0) is 50.9 Å². The van der Waals surface area contributed by atoms with Crippen molar-refractivity contribution in [3.05, 3.63) is 46.5 Å². The summed E-state index contributed by atoms with van der Waals surface area (Å²) >= 11 is 0. The summed E-state index contributed by atoms with van der Waals surface area (Å²) in [5, 5.41) is 2.80. The van der Waals surface area contributed by atoms with Gasteiger partial charge in [0.1, 0.15) is 13.1 Å². The zero-order chi connectivity index (χ0) is 24.9. The summed E-state index contributed by atoms with van der Waals surface area (Å²) in [6.07, 6.45) is 1.73. The smallest absolute Gasteiger partial charge is 0.289 e. The topological polar surface area (TPSA) is 78.4 Å². The molecule has 6 nitrogen and oxygen atoms in total. The normalized spacial score (nSPS) is 17.6. The standard InChI is InChI=1S/C25H36F2N4O2/c1-7-22(25(33)29-21(24(28)32)12-15(2)3)31(6)23(17-8-9-19(26)20(27)13-17)18-14-30(5)11-10-16(18)4/h8-9,13,15,21-22H,7,10-12,14H2,1-6H3,(H2-,28,29,32,33)/p+1. The number of hydrogen-bond donors (Lipinski definition) is 2. The summed E-state index contributed by atoms with van der Waals surface area (Å²) in [4.78, 5) is 27.3. The predicted octanol–water partition coefficient (Wildman–Crippen LogP) is 2.84. The zero-order valence-electron chi connectivity index (χ0n) is 20.5. The molecule has 1 aromatic carbocycles. The largest absolute Gasteiger partial charge is 0.368 e. The Morgan fingerprint density at radius 1 is 1.24 bits per heavy atom. The minimum atomic E-state index is -0.941. The quantitative estimate of drug-likeness (QED) is 0.437. The second-order valence-electron chi connectivity index (χ2n) is 9.35. The van der Waals surface area contributed by atoms with E-state index in [9.17, 15) is 18.4 Å². The highest BCUT2D eigenvalue weighted by atomic mass is 19.2. The maximum atomic E-state index is 14.2. The first kappa shape index (κ1) is 26.6. The Morgan fingerprint density at radius 3 is 2.45 bits per heavy atom. The third-order valence-corrected chi connectivity index (χ3v) is 6.17. The third kappa shape index (κ3) is 6.69. The number of benzene rings is 1. The number of carbonyl (C=O) groups is 2. The van der Waals surface area contributed by atoms with Gasteiger partial charge in [-0.3, -0.25) is 9.59 Å². The molecular formula is C25H37F2N4O2+. The Balaban J connectivity index is 2.58. The summed E-state index contributed by atoms with van der Waals surface area (Å²) in [6, 6.07) is 2.41. The molecule has 0 radical (unpaired) electrons. The van der Waals surface area contributed by atoms with Gasteiger partial charge in [0.15, 0.2) is 11.6 Å². The molecule has 1 heterocycles. The van der Waals surface area contributed by atoms with E-state index in [1.165, 1.54) is 12.1 Å². The van der Waals surface area contributed by atoms with E-state index in [-0.39, 0.29) is 11.8 Å². The fraction of sp³-hybridized carbons (Fsp3) is 0.560. The molecule has 0 bridgehead atoms. The molecule has 0 aromatic heterocycles. The van der Waals surface area contributed by atoms with E-state index in [0.29, 0.717) is 30.7 Å². The van der Waals surface area contributed by atoms with Crippen molar-refractivity contribution in [3.63, 3.8) is 0 Å². The van der Waals surface area contributed by atoms with Gasteiger partial charge in [-0.1, -0.05) is 26.3 Å². The maximum Gasteiger partial charge on any atom is 0.289 e. The molecule has 3 N–H and O–H groups in total. The molecule has 2 atom stereocenters. The first-order valence-corrected chi connectivity index (χ1v) is 11.5. The zero-order valence-corrected chi connectivity index (χ0v) is 20.5. The summed E-state index contributed by atoms with van der Waals surface area (Å²) < 4.78 is 29.7. The lowest BCUT2D eigenvalue weighted by atomic mass is 9.92. The van der Waals surface area contributed by atoms with E-state index >= 15 is 0 Å². The first-order valence-electron chi connectivity index (χ1n) is 11.5. The molecular weight excluding hydrogens is 426 g/mol. The van der Waals surface area contributed by atoms with E-state index in [1.54, 1.807) is 7.05 Å². The monoisotopic (exact) mass is 463 g/mol. The van der Waals surface area contributed by atoms with Crippen LogP contribution in [0.4, 0.5) is 8.78 Å². The van der Waals surface area contributed by atoms with E-state index < -0.39 is 29.6 Å².